The Hall–Kier alpha value is -2.78. The van der Waals surface area contributed by atoms with E-state index in [1.54, 1.807) is 24.3 Å². The molecule has 0 aliphatic heterocycles. The SMILES string of the molecule is CCOc1cc(/C=C(\C#N)C(=O)N[C@H](C)CC)ccc1OCc1ccc(Br)cc1. The van der Waals surface area contributed by atoms with Crippen molar-refractivity contribution in [3.8, 4) is 17.6 Å². The molecule has 1 amide bonds. The lowest BCUT2D eigenvalue weighted by atomic mass is 10.1. The largest absolute Gasteiger partial charge is 0.490 e. The topological polar surface area (TPSA) is 71.3 Å². The van der Waals surface area contributed by atoms with Gasteiger partial charge in [0.15, 0.2) is 11.5 Å². The van der Waals surface area contributed by atoms with Crippen LogP contribution in [0.15, 0.2) is 52.5 Å². The average Bonchev–Trinajstić information content (AvgIpc) is 2.72. The van der Waals surface area contributed by atoms with Gasteiger partial charge in [-0.3, -0.25) is 4.79 Å². The molecule has 2 aromatic carbocycles. The number of benzene rings is 2. The van der Waals surface area contributed by atoms with Crippen LogP contribution in [0.1, 0.15) is 38.3 Å². The Balaban J connectivity index is 2.19. The van der Waals surface area contributed by atoms with Crippen LogP contribution in [-0.2, 0) is 11.4 Å². The minimum absolute atomic E-state index is 0.00706. The van der Waals surface area contributed by atoms with Crippen LogP contribution in [0.25, 0.3) is 6.08 Å². The summed E-state index contributed by atoms with van der Waals surface area (Å²) in [7, 11) is 0. The van der Waals surface area contributed by atoms with Gasteiger partial charge in [-0.1, -0.05) is 41.1 Å². The van der Waals surface area contributed by atoms with Crippen LogP contribution in [0.5, 0.6) is 11.5 Å². The van der Waals surface area contributed by atoms with Crippen LogP contribution >= 0.6 is 15.9 Å². The smallest absolute Gasteiger partial charge is 0.262 e. The molecule has 6 heteroatoms. The quantitative estimate of drug-likeness (QED) is 0.413. The van der Waals surface area contributed by atoms with E-state index >= 15 is 0 Å². The van der Waals surface area contributed by atoms with Gasteiger partial charge in [0.05, 0.1) is 6.61 Å². The molecule has 0 saturated heterocycles. The van der Waals surface area contributed by atoms with Gasteiger partial charge in [0, 0.05) is 10.5 Å². The number of amides is 1. The van der Waals surface area contributed by atoms with Gasteiger partial charge in [-0.15, -0.1) is 0 Å². The first kappa shape index (κ1) is 22.5. The highest BCUT2D eigenvalue weighted by molar-refractivity contribution is 9.10. The van der Waals surface area contributed by atoms with Crippen LogP contribution in [-0.4, -0.2) is 18.6 Å². The van der Waals surface area contributed by atoms with E-state index in [1.807, 2.05) is 51.1 Å². The molecule has 0 radical (unpaired) electrons. The van der Waals surface area contributed by atoms with Crippen molar-refractivity contribution in [1.29, 1.82) is 5.26 Å². The van der Waals surface area contributed by atoms with E-state index in [9.17, 15) is 10.1 Å². The van der Waals surface area contributed by atoms with Gasteiger partial charge in [0.1, 0.15) is 18.2 Å². The number of hydrogen-bond donors (Lipinski definition) is 1. The molecule has 1 atom stereocenters. The van der Waals surface area contributed by atoms with Gasteiger partial charge < -0.3 is 14.8 Å². The third-order valence-corrected chi connectivity index (χ3v) is 4.77. The number of carbonyl (C=O) groups excluding carboxylic acids is 1. The number of nitrogens with zero attached hydrogens (tertiary/aromatic N) is 1. The zero-order chi connectivity index (χ0) is 21.2. The molecule has 0 saturated carbocycles. The molecule has 2 rings (SSSR count). The summed E-state index contributed by atoms with van der Waals surface area (Å²) in [5, 5.41) is 12.2. The number of nitriles is 1. The van der Waals surface area contributed by atoms with Gasteiger partial charge in [-0.05, 0) is 61.7 Å². The Labute approximate surface area is 180 Å². The number of halogens is 1. The van der Waals surface area contributed by atoms with Crippen molar-refractivity contribution in [2.45, 2.75) is 39.8 Å². The zero-order valence-corrected chi connectivity index (χ0v) is 18.5. The fourth-order valence-electron chi connectivity index (χ4n) is 2.46. The van der Waals surface area contributed by atoms with E-state index in [0.717, 1.165) is 16.5 Å². The van der Waals surface area contributed by atoms with Crippen molar-refractivity contribution < 1.29 is 14.3 Å². The molecule has 0 aliphatic carbocycles. The molecular weight excluding hydrogens is 432 g/mol. The second-order valence-electron chi connectivity index (χ2n) is 6.51. The van der Waals surface area contributed by atoms with Gasteiger partial charge in [0.25, 0.3) is 5.91 Å². The molecule has 152 valence electrons. The highest BCUT2D eigenvalue weighted by atomic mass is 79.9. The summed E-state index contributed by atoms with van der Waals surface area (Å²) in [6, 6.07) is 15.2. The highest BCUT2D eigenvalue weighted by Gasteiger charge is 2.13. The van der Waals surface area contributed by atoms with E-state index in [-0.39, 0.29) is 17.5 Å². The maximum atomic E-state index is 12.2. The standard InChI is InChI=1S/C23H25BrN2O3/c1-4-16(3)26-23(27)19(14-25)12-18-8-11-21(22(13-18)28-5-2)29-15-17-6-9-20(24)10-7-17/h6-13,16H,4-5,15H2,1-3H3,(H,26,27)/b19-12+/t16-/m1/s1. The summed E-state index contributed by atoms with van der Waals surface area (Å²) in [5.74, 6) is 0.794. The van der Waals surface area contributed by atoms with Crippen LogP contribution in [0, 0.1) is 11.3 Å². The number of nitrogens with one attached hydrogen (secondary N) is 1. The summed E-state index contributed by atoms with van der Waals surface area (Å²) in [6.45, 7) is 6.64. The van der Waals surface area contributed by atoms with E-state index in [0.29, 0.717) is 30.3 Å². The van der Waals surface area contributed by atoms with Crippen molar-refractivity contribution in [1.82, 2.24) is 5.32 Å². The maximum Gasteiger partial charge on any atom is 0.262 e. The number of hydrogen-bond acceptors (Lipinski definition) is 4. The lowest BCUT2D eigenvalue weighted by molar-refractivity contribution is -0.117. The summed E-state index contributed by atoms with van der Waals surface area (Å²) in [4.78, 5) is 12.2. The predicted molar refractivity (Wildman–Crippen MR) is 118 cm³/mol. The number of ether oxygens (including phenoxy) is 2. The summed E-state index contributed by atoms with van der Waals surface area (Å²) >= 11 is 3.42. The monoisotopic (exact) mass is 456 g/mol. The lowest BCUT2D eigenvalue weighted by Crippen LogP contribution is -2.32. The van der Waals surface area contributed by atoms with E-state index in [2.05, 4.69) is 21.2 Å². The van der Waals surface area contributed by atoms with Crippen molar-refractivity contribution in [3.05, 3.63) is 63.6 Å². The normalized spacial score (nSPS) is 12.0. The number of rotatable bonds is 9. The van der Waals surface area contributed by atoms with Gasteiger partial charge in [0.2, 0.25) is 0 Å². The molecular formula is C23H25BrN2O3. The van der Waals surface area contributed by atoms with Crippen molar-refractivity contribution >= 4 is 27.9 Å². The summed E-state index contributed by atoms with van der Waals surface area (Å²) in [5.41, 5.74) is 1.78. The molecule has 0 unspecified atom stereocenters. The molecule has 0 fully saturated rings. The third kappa shape index (κ3) is 6.95. The molecule has 0 bridgehead atoms. The molecule has 5 nitrogen and oxygen atoms in total. The molecule has 1 N–H and O–H groups in total. The van der Waals surface area contributed by atoms with E-state index < -0.39 is 0 Å². The van der Waals surface area contributed by atoms with E-state index in [4.69, 9.17) is 9.47 Å². The first-order valence-corrected chi connectivity index (χ1v) is 10.3. The molecule has 0 heterocycles. The fraction of sp³-hybridized carbons (Fsp3) is 0.304. The second-order valence-corrected chi connectivity index (χ2v) is 7.42. The molecule has 0 aromatic heterocycles. The van der Waals surface area contributed by atoms with Gasteiger partial charge in [-0.2, -0.15) is 5.26 Å². The van der Waals surface area contributed by atoms with Crippen LogP contribution in [0.4, 0.5) is 0 Å². The molecule has 29 heavy (non-hydrogen) atoms. The third-order valence-electron chi connectivity index (χ3n) is 4.24. The highest BCUT2D eigenvalue weighted by Crippen LogP contribution is 2.30. The number of carbonyl (C=O) groups is 1. The van der Waals surface area contributed by atoms with Crippen LogP contribution in [0.2, 0.25) is 0 Å². The first-order chi connectivity index (χ1) is 14.0. The zero-order valence-electron chi connectivity index (χ0n) is 16.9. The Bertz CT molecular complexity index is 901. The van der Waals surface area contributed by atoms with E-state index in [1.165, 1.54) is 0 Å². The van der Waals surface area contributed by atoms with Crippen LogP contribution < -0.4 is 14.8 Å². The minimum Gasteiger partial charge on any atom is -0.490 e. The molecule has 2 aromatic rings. The molecule has 0 aliphatic rings. The minimum atomic E-state index is -0.379. The average molecular weight is 457 g/mol. The first-order valence-electron chi connectivity index (χ1n) is 9.53. The van der Waals surface area contributed by atoms with Crippen molar-refractivity contribution in [2.75, 3.05) is 6.61 Å². The Morgan fingerprint density at radius 2 is 1.90 bits per heavy atom. The van der Waals surface area contributed by atoms with Crippen LogP contribution in [0.3, 0.4) is 0 Å². The summed E-state index contributed by atoms with van der Waals surface area (Å²) < 4.78 is 12.6. The lowest BCUT2D eigenvalue weighted by Gasteiger charge is -2.13. The fourth-order valence-corrected chi connectivity index (χ4v) is 2.73. The maximum absolute atomic E-state index is 12.2. The van der Waals surface area contributed by atoms with Crippen molar-refractivity contribution in [3.63, 3.8) is 0 Å². The van der Waals surface area contributed by atoms with Gasteiger partial charge in [-0.25, -0.2) is 0 Å². The Morgan fingerprint density at radius 3 is 2.52 bits per heavy atom. The Morgan fingerprint density at radius 1 is 1.17 bits per heavy atom. The second kappa shape index (κ2) is 11.3. The predicted octanol–water partition coefficient (Wildman–Crippen LogP) is 5.25. The summed E-state index contributed by atoms with van der Waals surface area (Å²) in [6.07, 6.45) is 2.35. The Kier molecular flexibility index (Phi) is 8.75. The van der Waals surface area contributed by atoms with Crippen molar-refractivity contribution in [2.24, 2.45) is 0 Å². The van der Waals surface area contributed by atoms with Gasteiger partial charge >= 0.3 is 0 Å². The molecule has 0 spiro atoms.